The fourth-order valence-corrected chi connectivity index (χ4v) is 2.20. The molecular formula is C16H22FN3. The minimum atomic E-state index is -0.183. The van der Waals surface area contributed by atoms with E-state index in [4.69, 9.17) is 0 Å². The van der Waals surface area contributed by atoms with Gasteiger partial charge < -0.3 is 5.32 Å². The Morgan fingerprint density at radius 2 is 2.00 bits per heavy atom. The van der Waals surface area contributed by atoms with Gasteiger partial charge in [0.1, 0.15) is 5.82 Å². The normalized spacial score (nSPS) is 11.7. The van der Waals surface area contributed by atoms with Gasteiger partial charge in [0.25, 0.3) is 0 Å². The van der Waals surface area contributed by atoms with Crippen LogP contribution >= 0.6 is 0 Å². The van der Waals surface area contributed by atoms with E-state index in [1.165, 1.54) is 6.07 Å². The van der Waals surface area contributed by atoms with Gasteiger partial charge in [-0.3, -0.25) is 4.68 Å². The summed E-state index contributed by atoms with van der Waals surface area (Å²) >= 11 is 0. The van der Waals surface area contributed by atoms with Gasteiger partial charge in [-0.1, -0.05) is 26.8 Å². The molecule has 0 fully saturated rings. The van der Waals surface area contributed by atoms with Crippen LogP contribution in [0.4, 0.5) is 10.1 Å². The average molecular weight is 275 g/mol. The van der Waals surface area contributed by atoms with Gasteiger partial charge in [-0.25, -0.2) is 4.39 Å². The predicted molar refractivity (Wildman–Crippen MR) is 80.4 cm³/mol. The van der Waals surface area contributed by atoms with Crippen LogP contribution in [0, 0.1) is 12.7 Å². The molecule has 0 spiro atoms. The third-order valence-electron chi connectivity index (χ3n) is 3.27. The zero-order valence-corrected chi connectivity index (χ0v) is 12.8. The van der Waals surface area contributed by atoms with E-state index < -0.39 is 0 Å². The molecule has 0 radical (unpaired) electrons. The third-order valence-corrected chi connectivity index (χ3v) is 3.27. The van der Waals surface area contributed by atoms with E-state index in [-0.39, 0.29) is 11.2 Å². The van der Waals surface area contributed by atoms with Crippen molar-refractivity contribution in [1.82, 2.24) is 9.78 Å². The van der Waals surface area contributed by atoms with Crippen molar-refractivity contribution < 1.29 is 4.39 Å². The summed E-state index contributed by atoms with van der Waals surface area (Å²) in [6.07, 6.45) is 2.01. The van der Waals surface area contributed by atoms with Gasteiger partial charge in [0, 0.05) is 36.5 Å². The van der Waals surface area contributed by atoms with Gasteiger partial charge in [-0.15, -0.1) is 0 Å². The minimum absolute atomic E-state index is 0.00318. The summed E-state index contributed by atoms with van der Waals surface area (Å²) in [4.78, 5) is 0. The molecule has 0 atom stereocenters. The largest absolute Gasteiger partial charge is 0.381 e. The quantitative estimate of drug-likeness (QED) is 0.924. The molecule has 2 aromatic rings. The van der Waals surface area contributed by atoms with Crippen LogP contribution in [0.15, 0.2) is 24.4 Å². The number of nitrogens with one attached hydrogen (secondary N) is 1. The molecular weight excluding hydrogens is 253 g/mol. The number of rotatable bonds is 3. The zero-order chi connectivity index (χ0) is 14.9. The molecule has 20 heavy (non-hydrogen) atoms. The van der Waals surface area contributed by atoms with Gasteiger partial charge in [0.05, 0.1) is 5.69 Å². The number of anilines is 1. The molecule has 0 saturated heterocycles. The molecule has 1 aromatic carbocycles. The molecule has 0 amide bonds. The Kier molecular flexibility index (Phi) is 3.84. The Morgan fingerprint density at radius 3 is 2.60 bits per heavy atom. The maximum absolute atomic E-state index is 13.5. The standard InChI is InChI=1S/C16H22FN3/c1-11-6-7-13(8-14(11)17)18-9-12-10-20(5)19-15(12)16(2,3)4/h6-8,10,18H,9H2,1-5H3. The highest BCUT2D eigenvalue weighted by atomic mass is 19.1. The highest BCUT2D eigenvalue weighted by Crippen LogP contribution is 2.25. The van der Waals surface area contributed by atoms with E-state index in [9.17, 15) is 4.39 Å². The summed E-state index contributed by atoms with van der Waals surface area (Å²) in [5.74, 6) is -0.183. The molecule has 0 saturated carbocycles. The fourth-order valence-electron chi connectivity index (χ4n) is 2.20. The summed E-state index contributed by atoms with van der Waals surface area (Å²) in [7, 11) is 1.92. The third kappa shape index (κ3) is 3.18. The minimum Gasteiger partial charge on any atom is -0.381 e. The molecule has 0 aliphatic heterocycles. The fraction of sp³-hybridized carbons (Fsp3) is 0.438. The lowest BCUT2D eigenvalue weighted by molar-refractivity contribution is 0.549. The second kappa shape index (κ2) is 5.27. The number of hydrogen-bond acceptors (Lipinski definition) is 2. The molecule has 2 rings (SSSR count). The first-order valence-electron chi connectivity index (χ1n) is 6.80. The molecule has 0 unspecified atom stereocenters. The Bertz CT molecular complexity index is 609. The number of aryl methyl sites for hydroxylation is 2. The second-order valence-corrected chi connectivity index (χ2v) is 6.24. The lowest BCUT2D eigenvalue weighted by Gasteiger charge is -2.18. The van der Waals surface area contributed by atoms with E-state index in [1.807, 2.05) is 24.0 Å². The van der Waals surface area contributed by atoms with Gasteiger partial charge >= 0.3 is 0 Å². The monoisotopic (exact) mass is 275 g/mol. The number of aromatic nitrogens is 2. The lowest BCUT2D eigenvalue weighted by atomic mass is 9.89. The molecule has 3 nitrogen and oxygen atoms in total. The molecule has 0 aliphatic rings. The van der Waals surface area contributed by atoms with E-state index in [2.05, 4.69) is 31.2 Å². The first-order chi connectivity index (χ1) is 9.27. The molecule has 4 heteroatoms. The van der Waals surface area contributed by atoms with Crippen LogP contribution in [-0.2, 0) is 19.0 Å². The van der Waals surface area contributed by atoms with Crippen LogP contribution in [-0.4, -0.2) is 9.78 Å². The molecule has 1 N–H and O–H groups in total. The van der Waals surface area contributed by atoms with Gasteiger partial charge in [-0.05, 0) is 24.6 Å². The SMILES string of the molecule is Cc1ccc(NCc2cn(C)nc2C(C)(C)C)cc1F. The van der Waals surface area contributed by atoms with Crippen molar-refractivity contribution in [3.8, 4) is 0 Å². The average Bonchev–Trinajstić information content (AvgIpc) is 2.72. The lowest BCUT2D eigenvalue weighted by Crippen LogP contribution is -2.16. The van der Waals surface area contributed by atoms with Crippen molar-refractivity contribution in [2.24, 2.45) is 7.05 Å². The number of nitrogens with zero attached hydrogens (tertiary/aromatic N) is 2. The highest BCUT2D eigenvalue weighted by molar-refractivity contribution is 5.46. The molecule has 0 bridgehead atoms. The Morgan fingerprint density at radius 1 is 1.30 bits per heavy atom. The second-order valence-electron chi connectivity index (χ2n) is 6.24. The van der Waals surface area contributed by atoms with Crippen molar-refractivity contribution in [1.29, 1.82) is 0 Å². The Labute approximate surface area is 119 Å². The van der Waals surface area contributed by atoms with Gasteiger partial charge in [-0.2, -0.15) is 5.10 Å². The Balaban J connectivity index is 2.17. The maximum atomic E-state index is 13.5. The Hall–Kier alpha value is -1.84. The molecule has 1 heterocycles. The van der Waals surface area contributed by atoms with E-state index in [0.29, 0.717) is 12.1 Å². The number of halogens is 1. The summed E-state index contributed by atoms with van der Waals surface area (Å²) in [6, 6.07) is 5.21. The van der Waals surface area contributed by atoms with Crippen LogP contribution in [0.5, 0.6) is 0 Å². The van der Waals surface area contributed by atoms with Crippen molar-refractivity contribution in [2.45, 2.75) is 39.7 Å². The maximum Gasteiger partial charge on any atom is 0.128 e. The van der Waals surface area contributed by atoms with E-state index in [0.717, 1.165) is 16.9 Å². The van der Waals surface area contributed by atoms with Crippen LogP contribution in [0.1, 0.15) is 37.6 Å². The summed E-state index contributed by atoms with van der Waals surface area (Å²) < 4.78 is 15.3. The highest BCUT2D eigenvalue weighted by Gasteiger charge is 2.21. The van der Waals surface area contributed by atoms with Crippen LogP contribution in [0.2, 0.25) is 0 Å². The summed E-state index contributed by atoms with van der Waals surface area (Å²) in [5, 5.41) is 7.79. The van der Waals surface area contributed by atoms with Crippen LogP contribution in [0.25, 0.3) is 0 Å². The smallest absolute Gasteiger partial charge is 0.128 e. The molecule has 0 aliphatic carbocycles. The first-order valence-corrected chi connectivity index (χ1v) is 6.80. The van der Waals surface area contributed by atoms with E-state index >= 15 is 0 Å². The number of hydrogen-bond donors (Lipinski definition) is 1. The predicted octanol–water partition coefficient (Wildman–Crippen LogP) is 3.78. The van der Waals surface area contributed by atoms with Gasteiger partial charge in [0.15, 0.2) is 0 Å². The molecule has 108 valence electrons. The first kappa shape index (κ1) is 14.6. The van der Waals surface area contributed by atoms with Crippen molar-refractivity contribution in [3.63, 3.8) is 0 Å². The topological polar surface area (TPSA) is 29.9 Å². The van der Waals surface area contributed by atoms with Gasteiger partial charge in [0.2, 0.25) is 0 Å². The van der Waals surface area contributed by atoms with Crippen LogP contribution in [0.3, 0.4) is 0 Å². The van der Waals surface area contributed by atoms with E-state index in [1.54, 1.807) is 13.0 Å². The summed E-state index contributed by atoms with van der Waals surface area (Å²) in [5.41, 5.74) is 3.65. The van der Waals surface area contributed by atoms with Crippen molar-refractivity contribution >= 4 is 5.69 Å². The summed E-state index contributed by atoms with van der Waals surface area (Å²) in [6.45, 7) is 8.83. The zero-order valence-electron chi connectivity index (χ0n) is 12.8. The van der Waals surface area contributed by atoms with Crippen molar-refractivity contribution in [3.05, 3.63) is 47.0 Å². The van der Waals surface area contributed by atoms with Crippen molar-refractivity contribution in [2.75, 3.05) is 5.32 Å². The van der Waals surface area contributed by atoms with Crippen LogP contribution < -0.4 is 5.32 Å². The molecule has 1 aromatic heterocycles. The number of benzene rings is 1.